The third kappa shape index (κ3) is 4.44. The summed E-state index contributed by atoms with van der Waals surface area (Å²) in [5.41, 5.74) is 7.42. The smallest absolute Gasteiger partial charge is 0.256 e. The minimum Gasteiger partial charge on any atom is -0.508 e. The van der Waals surface area contributed by atoms with Gasteiger partial charge in [0.15, 0.2) is 5.82 Å². The lowest BCUT2D eigenvalue weighted by Gasteiger charge is -2.27. The van der Waals surface area contributed by atoms with Gasteiger partial charge >= 0.3 is 0 Å². The number of carbonyl (C=O) groups excluding carboxylic acids is 1. The third-order valence-electron chi connectivity index (χ3n) is 4.76. The molecule has 0 spiro atoms. The summed E-state index contributed by atoms with van der Waals surface area (Å²) in [6, 6.07) is 10.5. The van der Waals surface area contributed by atoms with E-state index in [9.17, 15) is 9.90 Å². The van der Waals surface area contributed by atoms with Gasteiger partial charge in [0, 0.05) is 19.6 Å². The van der Waals surface area contributed by atoms with Gasteiger partial charge in [-0.3, -0.25) is 9.89 Å². The Kier molecular flexibility index (Phi) is 5.66. The molecule has 0 saturated carbocycles. The van der Waals surface area contributed by atoms with Crippen molar-refractivity contribution >= 4 is 29.0 Å². The molecule has 1 saturated heterocycles. The summed E-state index contributed by atoms with van der Waals surface area (Å²) in [6.45, 7) is 3.42. The van der Waals surface area contributed by atoms with Crippen LogP contribution in [0, 0.1) is 0 Å². The zero-order valence-electron chi connectivity index (χ0n) is 16.3. The van der Waals surface area contributed by atoms with E-state index in [4.69, 9.17) is 10.5 Å². The summed E-state index contributed by atoms with van der Waals surface area (Å²) in [7, 11) is 0. The van der Waals surface area contributed by atoms with E-state index in [0.717, 1.165) is 24.5 Å². The first kappa shape index (κ1) is 19.5. The molecule has 6 N–H and O–H groups in total. The van der Waals surface area contributed by atoms with Gasteiger partial charge in [0.25, 0.3) is 5.91 Å². The van der Waals surface area contributed by atoms with E-state index in [-0.39, 0.29) is 11.3 Å². The number of phenolic OH excluding ortho intramolecular Hbond substituents is 1. The number of rotatable bonds is 7. The monoisotopic (exact) mass is 409 g/mol. The highest BCUT2D eigenvalue weighted by Crippen LogP contribution is 2.25. The number of morpholine rings is 1. The fraction of sp³-hybridized carbons (Fsp3) is 0.250. The lowest BCUT2D eigenvalue weighted by Crippen LogP contribution is -2.36. The second-order valence-electron chi connectivity index (χ2n) is 6.84. The van der Waals surface area contributed by atoms with Crippen LogP contribution >= 0.6 is 0 Å². The van der Waals surface area contributed by atoms with Crippen LogP contribution in [0.15, 0.2) is 42.6 Å². The lowest BCUT2D eigenvalue weighted by molar-refractivity contribution is 0.100. The molecule has 0 aliphatic carbocycles. The number of carbonyl (C=O) groups is 1. The number of hydrogen-bond acceptors (Lipinski definition) is 8. The number of ether oxygens (including phenoxy) is 1. The SMILES string of the molecule is NC(=O)c1c(NCc2ccc(O)cc2)n[nH]c1Nc1ccc(N2CCOCC2)nc1. The van der Waals surface area contributed by atoms with Crippen molar-refractivity contribution < 1.29 is 14.6 Å². The van der Waals surface area contributed by atoms with Crippen molar-refractivity contribution in [3.8, 4) is 5.75 Å². The average Bonchev–Trinajstić information content (AvgIpc) is 3.17. The van der Waals surface area contributed by atoms with Crippen LogP contribution in [0.3, 0.4) is 0 Å². The number of aromatic hydroxyl groups is 1. The van der Waals surface area contributed by atoms with Gasteiger partial charge in [-0.25, -0.2) is 4.98 Å². The van der Waals surface area contributed by atoms with E-state index in [1.165, 1.54) is 0 Å². The summed E-state index contributed by atoms with van der Waals surface area (Å²) in [5, 5.41) is 22.5. The topological polar surface area (TPSA) is 141 Å². The highest BCUT2D eigenvalue weighted by Gasteiger charge is 2.19. The first-order chi connectivity index (χ1) is 14.6. The third-order valence-corrected chi connectivity index (χ3v) is 4.76. The Morgan fingerprint density at radius 2 is 1.97 bits per heavy atom. The molecule has 1 aliphatic rings. The minimum atomic E-state index is -0.614. The Bertz CT molecular complexity index is 996. The van der Waals surface area contributed by atoms with Crippen molar-refractivity contribution in [3.63, 3.8) is 0 Å². The van der Waals surface area contributed by atoms with Gasteiger partial charge in [-0.15, -0.1) is 0 Å². The van der Waals surface area contributed by atoms with E-state index < -0.39 is 5.91 Å². The number of H-pyrrole nitrogens is 1. The Hall–Kier alpha value is -3.79. The predicted molar refractivity (Wildman–Crippen MR) is 113 cm³/mol. The van der Waals surface area contributed by atoms with E-state index >= 15 is 0 Å². The number of pyridine rings is 1. The summed E-state index contributed by atoms with van der Waals surface area (Å²) in [6.07, 6.45) is 1.69. The normalized spacial score (nSPS) is 13.8. The zero-order valence-corrected chi connectivity index (χ0v) is 16.3. The quantitative estimate of drug-likeness (QED) is 0.398. The molecule has 10 nitrogen and oxygen atoms in total. The number of nitrogens with zero attached hydrogens (tertiary/aromatic N) is 3. The number of nitrogens with two attached hydrogens (primary N) is 1. The summed E-state index contributed by atoms with van der Waals surface area (Å²) >= 11 is 0. The van der Waals surface area contributed by atoms with Crippen molar-refractivity contribution in [1.82, 2.24) is 15.2 Å². The first-order valence-electron chi connectivity index (χ1n) is 9.56. The van der Waals surface area contributed by atoms with Gasteiger partial charge in [-0.05, 0) is 29.8 Å². The van der Waals surface area contributed by atoms with Crippen molar-refractivity contribution in [2.24, 2.45) is 5.73 Å². The first-order valence-corrected chi connectivity index (χ1v) is 9.56. The highest BCUT2D eigenvalue weighted by atomic mass is 16.5. The fourth-order valence-electron chi connectivity index (χ4n) is 3.18. The molecule has 30 heavy (non-hydrogen) atoms. The maximum Gasteiger partial charge on any atom is 0.256 e. The molecule has 3 heterocycles. The molecule has 1 amide bonds. The van der Waals surface area contributed by atoms with E-state index in [1.54, 1.807) is 30.5 Å². The molecule has 3 aromatic rings. The van der Waals surface area contributed by atoms with E-state index in [1.807, 2.05) is 12.1 Å². The van der Waals surface area contributed by atoms with Gasteiger partial charge in [0.1, 0.15) is 22.9 Å². The number of nitrogens with one attached hydrogen (secondary N) is 3. The molecule has 0 atom stereocenters. The van der Waals surface area contributed by atoms with Crippen LogP contribution in [0.4, 0.5) is 23.1 Å². The van der Waals surface area contributed by atoms with Crippen LogP contribution in [-0.2, 0) is 11.3 Å². The van der Waals surface area contributed by atoms with E-state index in [0.29, 0.717) is 37.1 Å². The maximum atomic E-state index is 12.0. The Morgan fingerprint density at radius 1 is 1.20 bits per heavy atom. The number of anilines is 4. The van der Waals surface area contributed by atoms with Gasteiger partial charge in [-0.2, -0.15) is 5.10 Å². The molecule has 1 fully saturated rings. The number of phenols is 1. The van der Waals surface area contributed by atoms with Crippen molar-refractivity contribution in [2.45, 2.75) is 6.54 Å². The summed E-state index contributed by atoms with van der Waals surface area (Å²) < 4.78 is 5.36. The summed E-state index contributed by atoms with van der Waals surface area (Å²) in [5.74, 6) is 1.18. The molecular formula is C20H23N7O3. The molecule has 0 unspecified atom stereocenters. The Morgan fingerprint density at radius 3 is 2.63 bits per heavy atom. The van der Waals surface area contributed by atoms with Crippen LogP contribution < -0.4 is 21.3 Å². The fourth-order valence-corrected chi connectivity index (χ4v) is 3.18. The molecule has 4 rings (SSSR count). The van der Waals surface area contributed by atoms with Crippen molar-refractivity contribution in [2.75, 3.05) is 41.8 Å². The molecule has 156 valence electrons. The standard InChI is InChI=1S/C20H23N7O3/c21-18(29)17-19(23-11-13-1-4-15(28)5-2-13)25-26-20(17)24-14-3-6-16(22-12-14)27-7-9-30-10-8-27/h1-6,12,28H,7-11H2,(H2,21,29)(H3,23,24,25,26). The van der Waals surface area contributed by atoms with Crippen LogP contribution in [0.1, 0.15) is 15.9 Å². The molecule has 1 aromatic carbocycles. The van der Waals surface area contributed by atoms with Crippen molar-refractivity contribution in [3.05, 3.63) is 53.7 Å². The Balaban J connectivity index is 1.46. The number of amides is 1. The average molecular weight is 409 g/mol. The van der Waals surface area contributed by atoms with Gasteiger partial charge in [0.2, 0.25) is 0 Å². The molecule has 10 heteroatoms. The molecule has 2 aromatic heterocycles. The molecular weight excluding hydrogens is 386 g/mol. The van der Waals surface area contributed by atoms with Gasteiger partial charge < -0.3 is 31.1 Å². The van der Waals surface area contributed by atoms with Crippen LogP contribution in [0.25, 0.3) is 0 Å². The second kappa shape index (κ2) is 8.70. The number of benzene rings is 1. The molecule has 0 radical (unpaired) electrons. The van der Waals surface area contributed by atoms with Gasteiger partial charge in [0.05, 0.1) is 25.1 Å². The second-order valence-corrected chi connectivity index (χ2v) is 6.84. The van der Waals surface area contributed by atoms with E-state index in [2.05, 4.69) is 30.7 Å². The van der Waals surface area contributed by atoms with Crippen molar-refractivity contribution in [1.29, 1.82) is 0 Å². The number of primary amides is 1. The van der Waals surface area contributed by atoms with Crippen LogP contribution in [0.5, 0.6) is 5.75 Å². The predicted octanol–water partition coefficient (Wildman–Crippen LogP) is 1.80. The number of aromatic nitrogens is 3. The number of hydrogen-bond donors (Lipinski definition) is 5. The van der Waals surface area contributed by atoms with Crippen LogP contribution in [0.2, 0.25) is 0 Å². The molecule has 1 aliphatic heterocycles. The largest absolute Gasteiger partial charge is 0.508 e. The summed E-state index contributed by atoms with van der Waals surface area (Å²) in [4.78, 5) is 18.7. The zero-order chi connectivity index (χ0) is 20.9. The number of aromatic amines is 1. The van der Waals surface area contributed by atoms with Crippen LogP contribution in [-0.4, -0.2) is 52.5 Å². The molecule has 0 bridgehead atoms. The minimum absolute atomic E-state index is 0.191. The Labute approximate surface area is 173 Å². The highest BCUT2D eigenvalue weighted by molar-refractivity contribution is 6.03. The lowest BCUT2D eigenvalue weighted by atomic mass is 10.2. The maximum absolute atomic E-state index is 12.0. The van der Waals surface area contributed by atoms with Gasteiger partial charge in [-0.1, -0.05) is 12.1 Å².